The molecule has 0 aliphatic carbocycles. The smallest absolute Gasteiger partial charge is 0.267 e. The molecule has 0 unspecified atom stereocenters. The molecule has 2 aliphatic rings. The molecule has 2 saturated heterocycles. The molecule has 0 bridgehead atoms. The maximum Gasteiger partial charge on any atom is 0.267 e. The lowest BCUT2D eigenvalue weighted by Gasteiger charge is -2.26. The third-order valence-electron chi connectivity index (χ3n) is 5.32. The van der Waals surface area contributed by atoms with Crippen molar-refractivity contribution in [3.63, 3.8) is 0 Å². The molecule has 1 aromatic carbocycles. The van der Waals surface area contributed by atoms with Gasteiger partial charge in [-0.2, -0.15) is 4.31 Å². The lowest BCUT2D eigenvalue weighted by molar-refractivity contribution is 0.0730. The molecule has 0 spiro atoms. The van der Waals surface area contributed by atoms with Gasteiger partial charge in [-0.15, -0.1) is 11.3 Å². The van der Waals surface area contributed by atoms with Crippen LogP contribution in [0.25, 0.3) is 0 Å². The number of amides is 1. The number of benzene rings is 1. The van der Waals surface area contributed by atoms with Crippen molar-refractivity contribution in [3.8, 4) is 0 Å². The largest absolute Gasteiger partial charge is 0.379 e. The Kier molecular flexibility index (Phi) is 5.91. The van der Waals surface area contributed by atoms with E-state index in [9.17, 15) is 13.2 Å². The number of sulfonamides is 1. The summed E-state index contributed by atoms with van der Waals surface area (Å²) in [5.41, 5.74) is 2.95. The Morgan fingerprint density at radius 2 is 1.83 bits per heavy atom. The van der Waals surface area contributed by atoms with E-state index in [-0.39, 0.29) is 9.77 Å². The van der Waals surface area contributed by atoms with E-state index >= 15 is 0 Å². The number of nitrogens with one attached hydrogen (secondary N) is 1. The van der Waals surface area contributed by atoms with E-state index in [1.165, 1.54) is 28.9 Å². The lowest BCUT2D eigenvalue weighted by atomic mass is 10.1. The van der Waals surface area contributed by atoms with E-state index in [2.05, 4.69) is 10.2 Å². The zero-order valence-corrected chi connectivity index (χ0v) is 18.0. The van der Waals surface area contributed by atoms with Gasteiger partial charge in [0.25, 0.3) is 5.91 Å². The van der Waals surface area contributed by atoms with Crippen LogP contribution in [0.15, 0.2) is 34.5 Å². The van der Waals surface area contributed by atoms with Gasteiger partial charge in [-0.3, -0.25) is 4.79 Å². The van der Waals surface area contributed by atoms with Crippen LogP contribution in [-0.2, 0) is 14.8 Å². The molecule has 1 aromatic heterocycles. The summed E-state index contributed by atoms with van der Waals surface area (Å²) in [4.78, 5) is 15.5. The fourth-order valence-electron chi connectivity index (χ4n) is 3.83. The average molecular weight is 436 g/mol. The number of hydrogen-bond acceptors (Lipinski definition) is 6. The number of aryl methyl sites for hydroxylation is 1. The van der Waals surface area contributed by atoms with Crippen molar-refractivity contribution >= 4 is 38.6 Å². The average Bonchev–Trinajstić information content (AvgIpc) is 3.41. The van der Waals surface area contributed by atoms with Crippen LogP contribution < -0.4 is 10.2 Å². The van der Waals surface area contributed by atoms with Crippen molar-refractivity contribution in [2.24, 2.45) is 0 Å². The molecule has 3 heterocycles. The SMILES string of the molecule is Cc1cc(NC(=O)c2sccc2S(=O)(=O)N2CCOCC2)ccc1N1CCCC1. The standard InChI is InChI=1S/C20H25N3O4S2/c1-15-14-16(4-5-17(15)22-7-2-3-8-22)21-20(24)19-18(6-13-28-19)29(25,26)23-9-11-27-12-10-23/h4-6,13-14H,2-3,7-12H2,1H3,(H,21,24). The molecule has 9 heteroatoms. The monoisotopic (exact) mass is 435 g/mol. The van der Waals surface area contributed by atoms with Crippen LogP contribution >= 0.6 is 11.3 Å². The van der Waals surface area contributed by atoms with Crippen molar-refractivity contribution in [1.29, 1.82) is 0 Å². The van der Waals surface area contributed by atoms with E-state index < -0.39 is 15.9 Å². The zero-order chi connectivity index (χ0) is 20.4. The third kappa shape index (κ3) is 4.18. The van der Waals surface area contributed by atoms with Crippen molar-refractivity contribution in [1.82, 2.24) is 4.31 Å². The number of nitrogens with zero attached hydrogens (tertiary/aromatic N) is 2. The molecule has 0 radical (unpaired) electrons. The van der Waals surface area contributed by atoms with Crippen LogP contribution in [0.5, 0.6) is 0 Å². The fourth-order valence-corrected chi connectivity index (χ4v) is 6.53. The second-order valence-corrected chi connectivity index (χ2v) is 10.1. The van der Waals surface area contributed by atoms with Crippen molar-refractivity contribution < 1.29 is 17.9 Å². The first-order chi connectivity index (χ1) is 14.0. The van der Waals surface area contributed by atoms with E-state index in [1.54, 1.807) is 5.38 Å². The minimum Gasteiger partial charge on any atom is -0.379 e. The molecular formula is C20H25N3O4S2. The van der Waals surface area contributed by atoms with Crippen molar-refractivity contribution in [3.05, 3.63) is 40.1 Å². The van der Waals surface area contributed by atoms with Gasteiger partial charge < -0.3 is 15.0 Å². The Morgan fingerprint density at radius 1 is 1.10 bits per heavy atom. The van der Waals surface area contributed by atoms with Crippen LogP contribution in [0.3, 0.4) is 0 Å². The molecule has 4 rings (SSSR count). The minimum atomic E-state index is -3.72. The number of carbonyl (C=O) groups is 1. The van der Waals surface area contributed by atoms with Crippen molar-refractivity contribution in [2.45, 2.75) is 24.7 Å². The summed E-state index contributed by atoms with van der Waals surface area (Å²) in [5.74, 6) is -0.403. The maximum atomic E-state index is 13.0. The first kappa shape index (κ1) is 20.3. The summed E-state index contributed by atoms with van der Waals surface area (Å²) in [7, 11) is -3.72. The van der Waals surface area contributed by atoms with Gasteiger partial charge in [0.05, 0.1) is 13.2 Å². The highest BCUT2D eigenvalue weighted by atomic mass is 32.2. The summed E-state index contributed by atoms with van der Waals surface area (Å²) < 4.78 is 32.5. The second kappa shape index (κ2) is 8.43. The van der Waals surface area contributed by atoms with E-state index in [4.69, 9.17) is 4.74 Å². The molecule has 2 fully saturated rings. The predicted molar refractivity (Wildman–Crippen MR) is 114 cm³/mol. The first-order valence-corrected chi connectivity index (χ1v) is 12.1. The molecule has 1 amide bonds. The van der Waals surface area contributed by atoms with Gasteiger partial charge in [0.2, 0.25) is 10.0 Å². The third-order valence-corrected chi connectivity index (χ3v) is 8.31. The number of hydrogen-bond donors (Lipinski definition) is 1. The molecule has 0 saturated carbocycles. The van der Waals surface area contributed by atoms with Crippen LogP contribution in [0.2, 0.25) is 0 Å². The van der Waals surface area contributed by atoms with Crippen LogP contribution in [0.1, 0.15) is 28.1 Å². The van der Waals surface area contributed by atoms with Gasteiger partial charge in [0.15, 0.2) is 0 Å². The Hall–Kier alpha value is -1.94. The van der Waals surface area contributed by atoms with Crippen LogP contribution in [0.4, 0.5) is 11.4 Å². The number of anilines is 2. The van der Waals surface area contributed by atoms with E-state index in [1.807, 2.05) is 25.1 Å². The topological polar surface area (TPSA) is 79.0 Å². The van der Waals surface area contributed by atoms with Crippen LogP contribution in [0, 0.1) is 6.92 Å². The highest BCUT2D eigenvalue weighted by Gasteiger charge is 2.31. The molecular weight excluding hydrogens is 410 g/mol. The molecule has 29 heavy (non-hydrogen) atoms. The quantitative estimate of drug-likeness (QED) is 0.781. The zero-order valence-electron chi connectivity index (χ0n) is 16.4. The van der Waals surface area contributed by atoms with E-state index in [0.29, 0.717) is 32.0 Å². The van der Waals surface area contributed by atoms with Crippen molar-refractivity contribution in [2.75, 3.05) is 49.6 Å². The first-order valence-electron chi connectivity index (χ1n) is 9.79. The Balaban J connectivity index is 1.52. The summed E-state index contributed by atoms with van der Waals surface area (Å²) in [5, 5.41) is 4.51. The predicted octanol–water partition coefficient (Wildman–Crippen LogP) is 2.93. The number of ether oxygens (including phenoxy) is 1. The summed E-state index contributed by atoms with van der Waals surface area (Å²) in [6.07, 6.45) is 2.41. The van der Waals surface area contributed by atoms with Gasteiger partial charge in [0.1, 0.15) is 9.77 Å². The van der Waals surface area contributed by atoms with E-state index in [0.717, 1.165) is 30.0 Å². The van der Waals surface area contributed by atoms with Crippen LogP contribution in [-0.4, -0.2) is 58.0 Å². The Morgan fingerprint density at radius 3 is 2.52 bits per heavy atom. The molecule has 0 atom stereocenters. The molecule has 2 aromatic rings. The summed E-state index contributed by atoms with van der Waals surface area (Å²) >= 11 is 1.14. The molecule has 156 valence electrons. The van der Waals surface area contributed by atoms with Gasteiger partial charge in [-0.05, 0) is 55.0 Å². The minimum absolute atomic E-state index is 0.0623. The lowest BCUT2D eigenvalue weighted by Crippen LogP contribution is -2.41. The fraction of sp³-hybridized carbons (Fsp3) is 0.450. The Bertz CT molecular complexity index is 991. The number of rotatable bonds is 5. The summed E-state index contributed by atoms with van der Waals surface area (Å²) in [6.45, 7) is 5.49. The highest BCUT2D eigenvalue weighted by Crippen LogP contribution is 2.29. The second-order valence-electron chi connectivity index (χ2n) is 7.28. The van der Waals surface area contributed by atoms with Gasteiger partial charge in [-0.1, -0.05) is 0 Å². The number of carbonyl (C=O) groups excluding carboxylic acids is 1. The van der Waals surface area contributed by atoms with Gasteiger partial charge >= 0.3 is 0 Å². The van der Waals surface area contributed by atoms with Gasteiger partial charge in [-0.25, -0.2) is 8.42 Å². The molecule has 1 N–H and O–H groups in total. The molecule has 7 nitrogen and oxygen atoms in total. The number of thiophene rings is 1. The maximum absolute atomic E-state index is 13.0. The molecule has 2 aliphatic heterocycles. The normalized spacial score (nSPS) is 18.2. The number of morpholine rings is 1. The Labute approximate surface area is 175 Å². The summed E-state index contributed by atoms with van der Waals surface area (Å²) in [6, 6.07) is 7.35. The highest BCUT2D eigenvalue weighted by molar-refractivity contribution is 7.89. The van der Waals surface area contributed by atoms with Gasteiger partial charge in [0, 0.05) is 37.6 Å².